The van der Waals surface area contributed by atoms with Gasteiger partial charge in [0.25, 0.3) is 0 Å². The van der Waals surface area contributed by atoms with E-state index in [2.05, 4.69) is 124 Å². The van der Waals surface area contributed by atoms with Gasteiger partial charge >= 0.3 is 17.9 Å². The lowest BCUT2D eigenvalue weighted by atomic mass is 10.0. The van der Waals surface area contributed by atoms with Crippen molar-refractivity contribution in [3.8, 4) is 0 Å². The van der Waals surface area contributed by atoms with Gasteiger partial charge in [0.1, 0.15) is 13.2 Å². The lowest BCUT2D eigenvalue weighted by Crippen LogP contribution is -2.30. The zero-order valence-corrected chi connectivity index (χ0v) is 46.2. The Kier molecular flexibility index (Phi) is 55.4. The molecule has 0 radical (unpaired) electrons. The quantitative estimate of drug-likeness (QED) is 0.0261. The predicted octanol–water partition coefficient (Wildman–Crippen LogP) is 19.9. The zero-order valence-electron chi connectivity index (χ0n) is 46.2. The lowest BCUT2D eigenvalue weighted by molar-refractivity contribution is -0.166. The third-order valence-electron chi connectivity index (χ3n) is 12.3. The van der Waals surface area contributed by atoms with E-state index in [0.29, 0.717) is 19.3 Å². The fourth-order valence-electron chi connectivity index (χ4n) is 7.90. The topological polar surface area (TPSA) is 78.9 Å². The molecule has 0 aliphatic heterocycles. The highest BCUT2D eigenvalue weighted by Crippen LogP contribution is 2.15. The molecule has 0 aliphatic carbocycles. The third kappa shape index (κ3) is 56.9. The molecule has 6 nitrogen and oxygen atoms in total. The van der Waals surface area contributed by atoms with Crippen molar-refractivity contribution >= 4 is 17.9 Å². The first-order chi connectivity index (χ1) is 35.0. The van der Waals surface area contributed by atoms with Crippen LogP contribution in [-0.4, -0.2) is 37.2 Å². The number of ether oxygens (including phenoxy) is 3. The van der Waals surface area contributed by atoms with E-state index in [-0.39, 0.29) is 44.0 Å². The standard InChI is InChI=1S/C65H108O6/c1-4-7-10-13-16-19-22-25-28-31-32-35-37-40-43-46-49-52-55-58-64(67)70-61-62(71-65(68)59-56-53-50-47-44-41-38-34-30-27-24-21-18-15-12-9-6-3)60-69-63(66)57-54-51-48-45-42-39-36-33-29-26-23-20-17-14-11-8-5-2/h7,10,16,19,25,27-28,30,32,35,38,40-41,43,47,49-50,52,62H,4-6,8-9,11-15,17-18,20-24,26,29,31,33-34,36-37,39,42,44-46,48,51,53-61H2,1-3H3/b10-7-,19-16-,28-25-,30-27-,35-32-,41-38-,43-40-,50-47-,52-49-. The number of allylic oxidation sites excluding steroid dienone is 18. The van der Waals surface area contributed by atoms with Crippen LogP contribution in [0, 0.1) is 0 Å². The van der Waals surface area contributed by atoms with Crippen molar-refractivity contribution in [1.29, 1.82) is 0 Å². The first kappa shape index (κ1) is 67.1. The summed E-state index contributed by atoms with van der Waals surface area (Å²) in [5.74, 6) is -1.06. The largest absolute Gasteiger partial charge is 0.462 e. The average Bonchev–Trinajstić information content (AvgIpc) is 3.37. The minimum absolute atomic E-state index is 0.121. The number of esters is 3. The highest BCUT2D eigenvalue weighted by atomic mass is 16.6. The van der Waals surface area contributed by atoms with E-state index < -0.39 is 6.10 Å². The number of carbonyl (C=O) groups excluding carboxylic acids is 3. The molecule has 71 heavy (non-hydrogen) atoms. The van der Waals surface area contributed by atoms with Crippen molar-refractivity contribution in [2.75, 3.05) is 13.2 Å². The maximum Gasteiger partial charge on any atom is 0.306 e. The zero-order chi connectivity index (χ0) is 51.4. The molecule has 0 fully saturated rings. The molecule has 0 bridgehead atoms. The van der Waals surface area contributed by atoms with E-state index in [1.165, 1.54) is 135 Å². The second-order valence-electron chi connectivity index (χ2n) is 19.2. The lowest BCUT2D eigenvalue weighted by Gasteiger charge is -2.18. The Hall–Kier alpha value is -3.93. The van der Waals surface area contributed by atoms with Crippen molar-refractivity contribution in [3.63, 3.8) is 0 Å². The SMILES string of the molecule is CC/C=C\C/C=C\C/C=C\C/C=C\C/C=C\C/C=C\CCC(=O)OCC(COC(=O)CCCCCCCCCCCCCCCCCCC)OC(=O)CCC/C=C\C/C=C\C/C=C\CCCCCCCC. The van der Waals surface area contributed by atoms with Gasteiger partial charge < -0.3 is 14.2 Å². The van der Waals surface area contributed by atoms with Gasteiger partial charge in [-0.3, -0.25) is 14.4 Å². The van der Waals surface area contributed by atoms with E-state index >= 15 is 0 Å². The number of rotatable bonds is 52. The molecule has 0 aromatic carbocycles. The molecule has 0 N–H and O–H groups in total. The Morgan fingerprint density at radius 3 is 0.986 bits per heavy atom. The van der Waals surface area contributed by atoms with Crippen LogP contribution in [0.3, 0.4) is 0 Å². The van der Waals surface area contributed by atoms with Gasteiger partial charge in [-0.15, -0.1) is 0 Å². The van der Waals surface area contributed by atoms with Crippen LogP contribution in [0.4, 0.5) is 0 Å². The van der Waals surface area contributed by atoms with E-state index in [1.54, 1.807) is 0 Å². The van der Waals surface area contributed by atoms with Crippen molar-refractivity contribution in [1.82, 2.24) is 0 Å². The van der Waals surface area contributed by atoms with Crippen LogP contribution < -0.4 is 0 Å². The monoisotopic (exact) mass is 985 g/mol. The summed E-state index contributed by atoms with van der Waals surface area (Å²) in [6.07, 6.45) is 79.6. The first-order valence-electron chi connectivity index (χ1n) is 29.4. The van der Waals surface area contributed by atoms with Gasteiger partial charge in [0.05, 0.1) is 0 Å². The molecule has 0 heterocycles. The van der Waals surface area contributed by atoms with Gasteiger partial charge in [-0.2, -0.15) is 0 Å². The molecular formula is C65H108O6. The molecule has 0 spiro atoms. The summed E-state index contributed by atoms with van der Waals surface area (Å²) < 4.78 is 16.8. The van der Waals surface area contributed by atoms with E-state index in [4.69, 9.17) is 14.2 Å². The smallest absolute Gasteiger partial charge is 0.306 e. The molecule has 1 unspecified atom stereocenters. The minimum Gasteiger partial charge on any atom is -0.462 e. The molecular weight excluding hydrogens is 877 g/mol. The number of hydrogen-bond acceptors (Lipinski definition) is 6. The normalized spacial score (nSPS) is 12.9. The molecule has 0 aromatic heterocycles. The van der Waals surface area contributed by atoms with E-state index in [9.17, 15) is 14.4 Å². The third-order valence-corrected chi connectivity index (χ3v) is 12.3. The van der Waals surface area contributed by atoms with Crippen LogP contribution in [0.2, 0.25) is 0 Å². The number of hydrogen-bond donors (Lipinski definition) is 0. The maximum absolute atomic E-state index is 12.8. The summed E-state index contributed by atoms with van der Waals surface area (Å²) in [7, 11) is 0. The summed E-state index contributed by atoms with van der Waals surface area (Å²) in [6.45, 7) is 6.43. The summed E-state index contributed by atoms with van der Waals surface area (Å²) in [5, 5.41) is 0. The molecule has 0 aliphatic rings. The molecule has 0 amide bonds. The molecule has 404 valence electrons. The second kappa shape index (κ2) is 58.6. The summed E-state index contributed by atoms with van der Waals surface area (Å²) in [5.41, 5.74) is 0. The van der Waals surface area contributed by atoms with Gasteiger partial charge in [0, 0.05) is 19.3 Å². The van der Waals surface area contributed by atoms with Crippen LogP contribution in [0.1, 0.15) is 265 Å². The summed E-state index contributed by atoms with van der Waals surface area (Å²) >= 11 is 0. The number of unbranched alkanes of at least 4 members (excludes halogenated alkanes) is 23. The van der Waals surface area contributed by atoms with Crippen LogP contribution in [0.25, 0.3) is 0 Å². The highest BCUT2D eigenvalue weighted by Gasteiger charge is 2.19. The van der Waals surface area contributed by atoms with Crippen LogP contribution in [-0.2, 0) is 28.6 Å². The Morgan fingerprint density at radius 2 is 0.592 bits per heavy atom. The van der Waals surface area contributed by atoms with Crippen LogP contribution in [0.5, 0.6) is 0 Å². The van der Waals surface area contributed by atoms with Crippen molar-refractivity contribution < 1.29 is 28.6 Å². The fourth-order valence-corrected chi connectivity index (χ4v) is 7.90. The van der Waals surface area contributed by atoms with Crippen LogP contribution in [0.15, 0.2) is 109 Å². The predicted molar refractivity (Wildman–Crippen MR) is 307 cm³/mol. The number of carbonyl (C=O) groups is 3. The van der Waals surface area contributed by atoms with Crippen LogP contribution >= 0.6 is 0 Å². The molecule has 0 rings (SSSR count). The van der Waals surface area contributed by atoms with Gasteiger partial charge in [-0.1, -0.05) is 265 Å². The fraction of sp³-hybridized carbons (Fsp3) is 0.677. The van der Waals surface area contributed by atoms with E-state index in [1.807, 2.05) is 6.08 Å². The maximum atomic E-state index is 12.8. The Morgan fingerprint density at radius 1 is 0.296 bits per heavy atom. The van der Waals surface area contributed by atoms with Gasteiger partial charge in [-0.25, -0.2) is 0 Å². The average molecular weight is 986 g/mol. The molecule has 0 saturated heterocycles. The van der Waals surface area contributed by atoms with Gasteiger partial charge in [0.15, 0.2) is 6.10 Å². The van der Waals surface area contributed by atoms with Crippen molar-refractivity contribution in [2.45, 2.75) is 271 Å². The van der Waals surface area contributed by atoms with Crippen molar-refractivity contribution in [2.24, 2.45) is 0 Å². The Balaban J connectivity index is 4.56. The molecule has 1 atom stereocenters. The highest BCUT2D eigenvalue weighted by molar-refractivity contribution is 5.71. The second-order valence-corrected chi connectivity index (χ2v) is 19.2. The van der Waals surface area contributed by atoms with Gasteiger partial charge in [-0.05, 0) is 89.9 Å². The first-order valence-corrected chi connectivity index (χ1v) is 29.4. The summed E-state index contributed by atoms with van der Waals surface area (Å²) in [6, 6.07) is 0. The Labute approximate surface area is 438 Å². The van der Waals surface area contributed by atoms with Gasteiger partial charge in [0.2, 0.25) is 0 Å². The molecule has 0 aromatic rings. The van der Waals surface area contributed by atoms with Crippen molar-refractivity contribution in [3.05, 3.63) is 109 Å². The van der Waals surface area contributed by atoms with E-state index in [0.717, 1.165) is 77.0 Å². The summed E-state index contributed by atoms with van der Waals surface area (Å²) in [4.78, 5) is 38.1. The molecule has 0 saturated carbocycles. The molecule has 6 heteroatoms. The minimum atomic E-state index is -0.836. The Bertz CT molecular complexity index is 1460.